The average Bonchev–Trinajstić information content (AvgIpc) is 2.19. The Kier molecular flexibility index (Phi) is 3.63. The van der Waals surface area contributed by atoms with Gasteiger partial charge in [-0.2, -0.15) is 5.26 Å². The number of nitriles is 1. The monoisotopic (exact) mass is 190 g/mol. The molecule has 1 rings (SSSR count). The smallest absolute Gasteiger partial charge is 0.0991 e. The molecule has 14 heavy (non-hydrogen) atoms. The van der Waals surface area contributed by atoms with E-state index in [0.717, 1.165) is 11.1 Å². The van der Waals surface area contributed by atoms with Gasteiger partial charge in [-0.25, -0.2) is 0 Å². The molecule has 1 aromatic rings. The second-order valence-corrected chi connectivity index (χ2v) is 3.30. The molecule has 3 nitrogen and oxygen atoms in total. The molecule has 1 aromatic carbocycles. The van der Waals surface area contributed by atoms with Crippen LogP contribution in [0.3, 0.4) is 0 Å². The fourth-order valence-electron chi connectivity index (χ4n) is 1.40. The fourth-order valence-corrected chi connectivity index (χ4v) is 1.40. The van der Waals surface area contributed by atoms with Crippen molar-refractivity contribution in [3.8, 4) is 6.07 Å². The van der Waals surface area contributed by atoms with Crippen LogP contribution in [-0.2, 0) is 0 Å². The van der Waals surface area contributed by atoms with E-state index in [4.69, 9.17) is 16.1 Å². The lowest BCUT2D eigenvalue weighted by Gasteiger charge is -2.13. The van der Waals surface area contributed by atoms with Crippen LogP contribution in [0.15, 0.2) is 18.2 Å². The van der Waals surface area contributed by atoms with Gasteiger partial charge in [0.1, 0.15) is 0 Å². The normalized spacial score (nSPS) is 12.1. The molecule has 0 saturated heterocycles. The van der Waals surface area contributed by atoms with Crippen molar-refractivity contribution in [1.29, 1.82) is 5.26 Å². The van der Waals surface area contributed by atoms with Crippen molar-refractivity contribution >= 4 is 0 Å². The SMILES string of the molecule is Cc1ccc(C#N)cc1[C@H](N)CCO. The van der Waals surface area contributed by atoms with Crippen LogP contribution in [0.5, 0.6) is 0 Å². The lowest BCUT2D eigenvalue weighted by molar-refractivity contribution is 0.276. The molecule has 0 radical (unpaired) electrons. The summed E-state index contributed by atoms with van der Waals surface area (Å²) >= 11 is 0. The van der Waals surface area contributed by atoms with Crippen molar-refractivity contribution in [3.63, 3.8) is 0 Å². The van der Waals surface area contributed by atoms with Gasteiger partial charge in [0, 0.05) is 12.6 Å². The summed E-state index contributed by atoms with van der Waals surface area (Å²) < 4.78 is 0. The summed E-state index contributed by atoms with van der Waals surface area (Å²) in [5, 5.41) is 17.5. The zero-order valence-electron chi connectivity index (χ0n) is 8.20. The number of nitrogens with two attached hydrogens (primary N) is 1. The highest BCUT2D eigenvalue weighted by molar-refractivity contribution is 5.39. The van der Waals surface area contributed by atoms with Gasteiger partial charge in [-0.15, -0.1) is 0 Å². The average molecular weight is 190 g/mol. The Morgan fingerprint density at radius 3 is 2.86 bits per heavy atom. The Morgan fingerprint density at radius 2 is 2.29 bits per heavy atom. The van der Waals surface area contributed by atoms with Gasteiger partial charge in [-0.1, -0.05) is 6.07 Å². The van der Waals surface area contributed by atoms with Crippen molar-refractivity contribution in [2.75, 3.05) is 6.61 Å². The largest absolute Gasteiger partial charge is 0.396 e. The number of rotatable bonds is 3. The third kappa shape index (κ3) is 2.32. The minimum Gasteiger partial charge on any atom is -0.396 e. The second-order valence-electron chi connectivity index (χ2n) is 3.30. The first-order valence-electron chi connectivity index (χ1n) is 4.56. The zero-order valence-corrected chi connectivity index (χ0v) is 8.20. The molecular weight excluding hydrogens is 176 g/mol. The molecule has 0 aliphatic rings. The topological polar surface area (TPSA) is 70.0 Å². The Labute approximate surface area is 83.8 Å². The van der Waals surface area contributed by atoms with Gasteiger partial charge in [0.25, 0.3) is 0 Å². The maximum atomic E-state index is 8.77. The number of aliphatic hydroxyl groups excluding tert-OH is 1. The van der Waals surface area contributed by atoms with Gasteiger partial charge in [-0.3, -0.25) is 0 Å². The predicted molar refractivity (Wildman–Crippen MR) is 54.5 cm³/mol. The van der Waals surface area contributed by atoms with E-state index >= 15 is 0 Å². The minimum absolute atomic E-state index is 0.0669. The number of aliphatic hydroxyl groups is 1. The summed E-state index contributed by atoms with van der Waals surface area (Å²) in [4.78, 5) is 0. The van der Waals surface area contributed by atoms with E-state index in [9.17, 15) is 0 Å². The minimum atomic E-state index is -0.187. The zero-order chi connectivity index (χ0) is 10.6. The van der Waals surface area contributed by atoms with Crippen LogP contribution in [0.4, 0.5) is 0 Å². The summed E-state index contributed by atoms with van der Waals surface area (Å²) in [6.07, 6.45) is 0.524. The van der Waals surface area contributed by atoms with Gasteiger partial charge in [0.05, 0.1) is 11.6 Å². The molecule has 0 fully saturated rings. The van der Waals surface area contributed by atoms with Crippen molar-refractivity contribution in [2.45, 2.75) is 19.4 Å². The number of nitrogens with zero attached hydrogens (tertiary/aromatic N) is 1. The number of hydrogen-bond acceptors (Lipinski definition) is 3. The van der Waals surface area contributed by atoms with E-state index in [0.29, 0.717) is 12.0 Å². The van der Waals surface area contributed by atoms with E-state index in [1.165, 1.54) is 0 Å². The van der Waals surface area contributed by atoms with Crippen LogP contribution in [0.25, 0.3) is 0 Å². The third-order valence-electron chi connectivity index (χ3n) is 2.25. The maximum absolute atomic E-state index is 8.77. The van der Waals surface area contributed by atoms with Gasteiger partial charge in [0.15, 0.2) is 0 Å². The van der Waals surface area contributed by atoms with Crippen molar-refractivity contribution in [1.82, 2.24) is 0 Å². The van der Waals surface area contributed by atoms with Crippen molar-refractivity contribution in [3.05, 3.63) is 34.9 Å². The van der Waals surface area contributed by atoms with Crippen molar-refractivity contribution in [2.24, 2.45) is 5.73 Å². The summed E-state index contributed by atoms with van der Waals surface area (Å²) in [6.45, 7) is 2.02. The van der Waals surface area contributed by atoms with E-state index in [2.05, 4.69) is 6.07 Å². The highest BCUT2D eigenvalue weighted by atomic mass is 16.3. The molecule has 3 N–H and O–H groups in total. The highest BCUT2D eigenvalue weighted by Gasteiger charge is 2.08. The summed E-state index contributed by atoms with van der Waals surface area (Å²) in [5.41, 5.74) is 8.47. The van der Waals surface area contributed by atoms with E-state index in [-0.39, 0.29) is 12.6 Å². The number of benzene rings is 1. The van der Waals surface area contributed by atoms with E-state index in [1.807, 2.05) is 13.0 Å². The Hall–Kier alpha value is -1.37. The molecule has 0 aliphatic heterocycles. The molecule has 0 heterocycles. The Balaban J connectivity index is 3.01. The van der Waals surface area contributed by atoms with Crippen LogP contribution in [0, 0.1) is 18.3 Å². The van der Waals surface area contributed by atoms with Crippen LogP contribution in [0.1, 0.15) is 29.2 Å². The molecule has 0 aromatic heterocycles. The lowest BCUT2D eigenvalue weighted by atomic mass is 9.98. The molecule has 74 valence electrons. The summed E-state index contributed by atoms with van der Waals surface area (Å²) in [5.74, 6) is 0. The summed E-state index contributed by atoms with van der Waals surface area (Å²) in [6, 6.07) is 7.32. The van der Waals surface area contributed by atoms with Gasteiger partial charge in [0.2, 0.25) is 0 Å². The van der Waals surface area contributed by atoms with E-state index in [1.54, 1.807) is 12.1 Å². The first-order chi connectivity index (χ1) is 6.69. The first kappa shape index (κ1) is 10.7. The van der Waals surface area contributed by atoms with Gasteiger partial charge >= 0.3 is 0 Å². The molecule has 1 atom stereocenters. The molecule has 0 spiro atoms. The van der Waals surface area contributed by atoms with Crippen LogP contribution >= 0.6 is 0 Å². The lowest BCUT2D eigenvalue weighted by Crippen LogP contribution is -2.13. The Bertz CT molecular complexity index is 355. The standard InChI is InChI=1S/C11H14N2O/c1-8-2-3-9(7-12)6-10(8)11(13)4-5-14/h2-3,6,11,14H,4-5,13H2,1H3/t11-/m1/s1. The second kappa shape index (κ2) is 4.75. The molecule has 0 unspecified atom stereocenters. The molecule has 0 aliphatic carbocycles. The predicted octanol–water partition coefficient (Wildman–Crippen LogP) is 1.25. The van der Waals surface area contributed by atoms with Crippen molar-refractivity contribution < 1.29 is 5.11 Å². The third-order valence-corrected chi connectivity index (χ3v) is 2.25. The molecule has 0 amide bonds. The highest BCUT2D eigenvalue weighted by Crippen LogP contribution is 2.19. The van der Waals surface area contributed by atoms with Gasteiger partial charge in [-0.05, 0) is 36.6 Å². The first-order valence-corrected chi connectivity index (χ1v) is 4.56. The molecular formula is C11H14N2O. The van der Waals surface area contributed by atoms with Crippen LogP contribution in [-0.4, -0.2) is 11.7 Å². The van der Waals surface area contributed by atoms with Gasteiger partial charge < -0.3 is 10.8 Å². The number of aryl methyl sites for hydroxylation is 1. The van der Waals surface area contributed by atoms with Crippen LogP contribution in [0.2, 0.25) is 0 Å². The maximum Gasteiger partial charge on any atom is 0.0991 e. The quantitative estimate of drug-likeness (QED) is 0.753. The summed E-state index contributed by atoms with van der Waals surface area (Å²) in [7, 11) is 0. The molecule has 0 bridgehead atoms. The molecule has 0 saturated carbocycles. The number of hydrogen-bond donors (Lipinski definition) is 2. The van der Waals surface area contributed by atoms with E-state index < -0.39 is 0 Å². The fraction of sp³-hybridized carbons (Fsp3) is 0.364. The molecule has 3 heteroatoms. The Morgan fingerprint density at radius 1 is 1.57 bits per heavy atom. The van der Waals surface area contributed by atoms with Crippen LogP contribution < -0.4 is 5.73 Å².